The van der Waals surface area contributed by atoms with Crippen molar-refractivity contribution in [3.05, 3.63) is 35.4 Å². The van der Waals surface area contributed by atoms with Crippen molar-refractivity contribution in [1.29, 1.82) is 0 Å². The maximum atomic E-state index is 12.6. The van der Waals surface area contributed by atoms with Crippen LogP contribution in [-0.4, -0.2) is 43.4 Å². The van der Waals surface area contributed by atoms with Gasteiger partial charge < -0.3 is 14.4 Å². The fourth-order valence-corrected chi connectivity index (χ4v) is 3.60. The molecule has 0 N–H and O–H groups in total. The molecule has 3 rings (SSSR count). The highest BCUT2D eigenvalue weighted by atomic mass is 16.7. The minimum Gasteiger partial charge on any atom is -0.350 e. The molecule has 2 saturated heterocycles. The Morgan fingerprint density at radius 1 is 1.17 bits per heavy atom. The Morgan fingerprint density at radius 3 is 2.58 bits per heavy atom. The maximum absolute atomic E-state index is 12.6. The molecule has 0 bridgehead atoms. The monoisotopic (exact) mass is 331 g/mol. The average molecular weight is 331 g/mol. The number of unbranched alkanes of at least 4 members (excludes halogenated alkanes) is 1. The summed E-state index contributed by atoms with van der Waals surface area (Å²) in [5.74, 6) is 0.542. The second kappa shape index (κ2) is 8.63. The van der Waals surface area contributed by atoms with Gasteiger partial charge in [0.2, 0.25) is 5.91 Å². The van der Waals surface area contributed by atoms with Crippen molar-refractivity contribution in [3.8, 4) is 0 Å². The highest BCUT2D eigenvalue weighted by Crippen LogP contribution is 2.25. The number of nitrogens with zero attached hydrogens (tertiary/aromatic N) is 1. The van der Waals surface area contributed by atoms with Crippen LogP contribution in [-0.2, 0) is 27.1 Å². The normalized spacial score (nSPS) is 22.0. The Morgan fingerprint density at radius 2 is 1.88 bits per heavy atom. The van der Waals surface area contributed by atoms with E-state index in [0.717, 1.165) is 37.9 Å². The zero-order chi connectivity index (χ0) is 16.8. The van der Waals surface area contributed by atoms with Crippen LogP contribution in [0.25, 0.3) is 0 Å². The van der Waals surface area contributed by atoms with Crippen LogP contribution < -0.4 is 0 Å². The molecule has 1 amide bonds. The summed E-state index contributed by atoms with van der Waals surface area (Å²) in [6, 6.07) is 8.54. The van der Waals surface area contributed by atoms with Gasteiger partial charge >= 0.3 is 0 Å². The molecule has 2 heterocycles. The SMILES string of the molecule is CCCCc1ccc(CC(=O)N2CCCC(C3OCCO3)C2)cc1. The van der Waals surface area contributed by atoms with E-state index in [0.29, 0.717) is 25.6 Å². The fraction of sp³-hybridized carbons (Fsp3) is 0.650. The zero-order valence-corrected chi connectivity index (χ0v) is 14.7. The number of carbonyl (C=O) groups excluding carboxylic acids is 1. The second-order valence-corrected chi connectivity index (χ2v) is 6.95. The second-order valence-electron chi connectivity index (χ2n) is 6.95. The van der Waals surface area contributed by atoms with Crippen molar-refractivity contribution in [2.75, 3.05) is 26.3 Å². The Bertz CT molecular complexity index is 522. The summed E-state index contributed by atoms with van der Waals surface area (Å²) in [5.41, 5.74) is 2.47. The van der Waals surface area contributed by atoms with E-state index in [2.05, 4.69) is 31.2 Å². The molecule has 1 aromatic rings. The highest BCUT2D eigenvalue weighted by molar-refractivity contribution is 5.78. The van der Waals surface area contributed by atoms with E-state index in [1.54, 1.807) is 0 Å². The van der Waals surface area contributed by atoms with Gasteiger partial charge in [-0.25, -0.2) is 0 Å². The Balaban J connectivity index is 1.52. The Labute approximate surface area is 145 Å². The number of ether oxygens (including phenoxy) is 2. The van der Waals surface area contributed by atoms with Crippen molar-refractivity contribution in [2.24, 2.45) is 5.92 Å². The first-order valence-corrected chi connectivity index (χ1v) is 9.35. The van der Waals surface area contributed by atoms with Gasteiger partial charge in [-0.05, 0) is 36.8 Å². The molecule has 2 aliphatic heterocycles. The number of amides is 1. The van der Waals surface area contributed by atoms with Gasteiger partial charge in [-0.15, -0.1) is 0 Å². The van der Waals surface area contributed by atoms with Gasteiger partial charge in [0.1, 0.15) is 0 Å². The van der Waals surface area contributed by atoms with Crippen LogP contribution in [0.4, 0.5) is 0 Å². The van der Waals surface area contributed by atoms with Crippen molar-refractivity contribution in [1.82, 2.24) is 4.90 Å². The van der Waals surface area contributed by atoms with Crippen LogP contribution in [0.1, 0.15) is 43.7 Å². The third-order valence-electron chi connectivity index (χ3n) is 5.04. The number of carbonyl (C=O) groups is 1. The first-order valence-electron chi connectivity index (χ1n) is 9.35. The number of hydrogen-bond donors (Lipinski definition) is 0. The van der Waals surface area contributed by atoms with E-state index in [-0.39, 0.29) is 12.2 Å². The number of rotatable bonds is 6. The van der Waals surface area contributed by atoms with Gasteiger partial charge in [0.15, 0.2) is 6.29 Å². The summed E-state index contributed by atoms with van der Waals surface area (Å²) in [5, 5.41) is 0. The smallest absolute Gasteiger partial charge is 0.227 e. The molecule has 1 unspecified atom stereocenters. The van der Waals surface area contributed by atoms with Crippen molar-refractivity contribution >= 4 is 5.91 Å². The lowest BCUT2D eigenvalue weighted by molar-refractivity contribution is -0.138. The molecular weight excluding hydrogens is 302 g/mol. The Hall–Kier alpha value is -1.39. The quantitative estimate of drug-likeness (QED) is 0.803. The van der Waals surface area contributed by atoms with Crippen molar-refractivity contribution < 1.29 is 14.3 Å². The molecular formula is C20H29NO3. The van der Waals surface area contributed by atoms with E-state index in [1.165, 1.54) is 18.4 Å². The molecule has 4 nitrogen and oxygen atoms in total. The predicted octanol–water partition coefficient (Wildman–Crippen LogP) is 3.18. The topological polar surface area (TPSA) is 38.8 Å². The molecule has 2 aliphatic rings. The van der Waals surface area contributed by atoms with Gasteiger partial charge in [0.05, 0.1) is 19.6 Å². The summed E-state index contributed by atoms with van der Waals surface area (Å²) in [4.78, 5) is 14.6. The van der Waals surface area contributed by atoms with Gasteiger partial charge in [-0.2, -0.15) is 0 Å². The number of hydrogen-bond acceptors (Lipinski definition) is 3. The van der Waals surface area contributed by atoms with E-state index in [4.69, 9.17) is 9.47 Å². The van der Waals surface area contributed by atoms with E-state index >= 15 is 0 Å². The summed E-state index contributed by atoms with van der Waals surface area (Å²) in [6.45, 7) is 5.19. The van der Waals surface area contributed by atoms with Crippen molar-refractivity contribution in [3.63, 3.8) is 0 Å². The van der Waals surface area contributed by atoms with E-state index in [9.17, 15) is 4.79 Å². The average Bonchev–Trinajstić information content (AvgIpc) is 3.16. The molecule has 0 aromatic heterocycles. The molecule has 24 heavy (non-hydrogen) atoms. The van der Waals surface area contributed by atoms with Crippen LogP contribution in [0.5, 0.6) is 0 Å². The van der Waals surface area contributed by atoms with Crippen LogP contribution in [0, 0.1) is 5.92 Å². The minimum absolute atomic E-state index is 0.113. The molecule has 1 aromatic carbocycles. The lowest BCUT2D eigenvalue weighted by Gasteiger charge is -2.34. The molecule has 2 fully saturated rings. The van der Waals surface area contributed by atoms with Crippen LogP contribution in [0.2, 0.25) is 0 Å². The van der Waals surface area contributed by atoms with Crippen LogP contribution in [0.3, 0.4) is 0 Å². The standard InChI is InChI=1S/C20H29NO3/c1-2-3-5-16-7-9-17(10-8-16)14-19(22)21-11-4-6-18(15-21)20-23-12-13-24-20/h7-10,18,20H,2-6,11-15H2,1H3. The lowest BCUT2D eigenvalue weighted by Crippen LogP contribution is -2.44. The summed E-state index contributed by atoms with van der Waals surface area (Å²) in [6.07, 6.45) is 6.06. The first kappa shape index (κ1) is 17.4. The molecule has 132 valence electrons. The van der Waals surface area contributed by atoms with Gasteiger partial charge in [-0.1, -0.05) is 37.6 Å². The Kier molecular flexibility index (Phi) is 6.27. The lowest BCUT2D eigenvalue weighted by atomic mass is 9.96. The number of benzene rings is 1. The molecule has 0 saturated carbocycles. The summed E-state index contributed by atoms with van der Waals surface area (Å²) < 4.78 is 11.2. The van der Waals surface area contributed by atoms with Crippen LogP contribution in [0.15, 0.2) is 24.3 Å². The first-order chi connectivity index (χ1) is 11.8. The maximum Gasteiger partial charge on any atom is 0.227 e. The third kappa shape index (κ3) is 4.58. The number of piperidine rings is 1. The molecule has 4 heteroatoms. The third-order valence-corrected chi connectivity index (χ3v) is 5.04. The number of aryl methyl sites for hydroxylation is 1. The molecule has 0 spiro atoms. The van der Waals surface area contributed by atoms with Gasteiger partial charge in [0, 0.05) is 19.0 Å². The summed E-state index contributed by atoms with van der Waals surface area (Å²) >= 11 is 0. The largest absolute Gasteiger partial charge is 0.350 e. The van der Waals surface area contributed by atoms with Gasteiger partial charge in [-0.3, -0.25) is 4.79 Å². The minimum atomic E-state index is -0.113. The molecule has 0 radical (unpaired) electrons. The zero-order valence-electron chi connectivity index (χ0n) is 14.7. The van der Waals surface area contributed by atoms with E-state index < -0.39 is 0 Å². The summed E-state index contributed by atoms with van der Waals surface area (Å²) in [7, 11) is 0. The molecule has 1 atom stereocenters. The predicted molar refractivity (Wildman–Crippen MR) is 93.8 cm³/mol. The van der Waals surface area contributed by atoms with Gasteiger partial charge in [0.25, 0.3) is 0 Å². The van der Waals surface area contributed by atoms with Crippen LogP contribution >= 0.6 is 0 Å². The highest BCUT2D eigenvalue weighted by Gasteiger charge is 2.32. The van der Waals surface area contributed by atoms with E-state index in [1.807, 2.05) is 4.90 Å². The van der Waals surface area contributed by atoms with Crippen molar-refractivity contribution in [2.45, 2.75) is 51.7 Å². The fourth-order valence-electron chi connectivity index (χ4n) is 3.60. The number of likely N-dealkylation sites (tertiary alicyclic amines) is 1. The molecule has 0 aliphatic carbocycles.